The second kappa shape index (κ2) is 10.9. The first kappa shape index (κ1) is 28.1. The highest BCUT2D eigenvalue weighted by molar-refractivity contribution is 7.07. The largest absolute Gasteiger partial charge is 0.478 e. The summed E-state index contributed by atoms with van der Waals surface area (Å²) in [6, 6.07) is 13.4. The molecule has 13 heteroatoms. The van der Waals surface area contributed by atoms with E-state index in [0.717, 1.165) is 4.57 Å². The molecule has 0 saturated carbocycles. The number of rotatable bonds is 6. The minimum atomic E-state index is -5.03. The number of carboxylic acid groups (broad SMARTS) is 1. The Morgan fingerprint density at radius 3 is 2.56 bits per heavy atom. The second-order valence-corrected chi connectivity index (χ2v) is 10.1. The molecule has 3 heterocycles. The summed E-state index contributed by atoms with van der Waals surface area (Å²) < 4.78 is 54.4. The fourth-order valence-electron chi connectivity index (χ4n) is 4.32. The van der Waals surface area contributed by atoms with Crippen LogP contribution >= 0.6 is 22.9 Å². The molecule has 8 nitrogen and oxygen atoms in total. The van der Waals surface area contributed by atoms with Gasteiger partial charge in [0, 0.05) is 16.7 Å². The molecule has 1 atom stereocenters. The average molecular weight is 603 g/mol. The number of carbonyl (C=O) groups excluding carboxylic acids is 1. The monoisotopic (exact) mass is 602 g/mol. The first-order valence-corrected chi connectivity index (χ1v) is 13.2. The first-order valence-electron chi connectivity index (χ1n) is 12.0. The molecular formula is C28H18ClF3N2O6S. The van der Waals surface area contributed by atoms with E-state index in [9.17, 15) is 32.7 Å². The number of thiazole rings is 1. The minimum absolute atomic E-state index is 0.00506. The van der Waals surface area contributed by atoms with Crippen LogP contribution in [0.4, 0.5) is 13.2 Å². The molecular weight excluding hydrogens is 585 g/mol. The van der Waals surface area contributed by atoms with Gasteiger partial charge in [-0.1, -0.05) is 47.2 Å². The van der Waals surface area contributed by atoms with E-state index in [4.69, 9.17) is 20.8 Å². The van der Waals surface area contributed by atoms with Gasteiger partial charge in [0.25, 0.3) is 5.56 Å². The van der Waals surface area contributed by atoms with E-state index in [0.29, 0.717) is 27.7 Å². The number of ether oxygens (including phenoxy) is 1. The number of hydrogen-bond donors (Lipinski definition) is 1. The number of carbonyl (C=O) groups is 2. The first-order chi connectivity index (χ1) is 19.5. The zero-order chi connectivity index (χ0) is 29.5. The van der Waals surface area contributed by atoms with Gasteiger partial charge in [-0.05, 0) is 48.9 Å². The van der Waals surface area contributed by atoms with Crippen molar-refractivity contribution in [3.8, 4) is 11.3 Å². The van der Waals surface area contributed by atoms with Gasteiger partial charge < -0.3 is 14.3 Å². The molecule has 2 aromatic carbocycles. The summed E-state index contributed by atoms with van der Waals surface area (Å²) >= 11 is 6.68. The Bertz CT molecular complexity index is 1890. The third-order valence-corrected chi connectivity index (χ3v) is 7.31. The van der Waals surface area contributed by atoms with E-state index < -0.39 is 41.0 Å². The number of esters is 1. The molecule has 5 rings (SSSR count). The predicted molar refractivity (Wildman–Crippen MR) is 143 cm³/mol. The van der Waals surface area contributed by atoms with Crippen LogP contribution in [0.5, 0.6) is 0 Å². The molecule has 0 spiro atoms. The molecule has 210 valence electrons. The van der Waals surface area contributed by atoms with Crippen molar-refractivity contribution in [2.45, 2.75) is 19.1 Å². The molecule has 0 aliphatic carbocycles. The second-order valence-electron chi connectivity index (χ2n) is 8.70. The van der Waals surface area contributed by atoms with Crippen LogP contribution in [-0.4, -0.2) is 34.4 Å². The van der Waals surface area contributed by atoms with Crippen LogP contribution in [0, 0.1) is 0 Å². The summed E-state index contributed by atoms with van der Waals surface area (Å²) in [4.78, 5) is 41.3. The molecule has 1 aliphatic rings. The molecule has 0 saturated heterocycles. The van der Waals surface area contributed by atoms with Crippen LogP contribution in [0.2, 0.25) is 5.02 Å². The van der Waals surface area contributed by atoms with E-state index in [1.807, 2.05) is 0 Å². The maximum Gasteiger partial charge on any atom is 0.434 e. The number of alkyl halides is 3. The zero-order valence-corrected chi connectivity index (χ0v) is 22.5. The van der Waals surface area contributed by atoms with Crippen molar-refractivity contribution < 1.29 is 37.0 Å². The third-order valence-electron chi connectivity index (χ3n) is 6.07. The lowest BCUT2D eigenvalue weighted by atomic mass is 9.95. The number of halogens is 4. The van der Waals surface area contributed by atoms with E-state index in [-0.39, 0.29) is 32.8 Å². The molecule has 0 bridgehead atoms. The van der Waals surface area contributed by atoms with Gasteiger partial charge in [-0.15, -0.1) is 0 Å². The smallest absolute Gasteiger partial charge is 0.434 e. The highest BCUT2D eigenvalue weighted by atomic mass is 35.5. The van der Waals surface area contributed by atoms with Gasteiger partial charge in [0.2, 0.25) is 0 Å². The van der Waals surface area contributed by atoms with Gasteiger partial charge in [-0.2, -0.15) is 13.2 Å². The molecule has 4 aromatic rings. The molecule has 0 fully saturated rings. The molecule has 1 aliphatic heterocycles. The number of benzene rings is 2. The van der Waals surface area contributed by atoms with Crippen LogP contribution in [0.1, 0.15) is 34.6 Å². The number of carboxylic acids is 1. The number of aromatic carboxylic acids is 1. The fraction of sp³-hybridized carbons (Fsp3) is 0.143. The Hall–Kier alpha value is -4.42. The van der Waals surface area contributed by atoms with Gasteiger partial charge in [-0.25, -0.2) is 14.6 Å². The van der Waals surface area contributed by atoms with Crippen molar-refractivity contribution in [3.05, 3.63) is 114 Å². The lowest BCUT2D eigenvalue weighted by Gasteiger charge is -2.26. The van der Waals surface area contributed by atoms with Gasteiger partial charge in [0.05, 0.1) is 28.3 Å². The Kier molecular flexibility index (Phi) is 7.45. The Morgan fingerprint density at radius 1 is 1.17 bits per heavy atom. The molecule has 0 amide bonds. The van der Waals surface area contributed by atoms with E-state index >= 15 is 0 Å². The van der Waals surface area contributed by atoms with Crippen molar-refractivity contribution in [1.82, 2.24) is 4.57 Å². The van der Waals surface area contributed by atoms with Gasteiger partial charge in [-0.3, -0.25) is 9.36 Å². The average Bonchev–Trinajstić information content (AvgIpc) is 3.52. The standard InChI is InChI=1S/C28H18ClF3N2O6S/c1-2-39-26(38)21-22(14-6-8-17(29)9-7-14)34-24(35)20(41-27(34)33-23(21)28(30,31)32)13-18-10-11-19(40-18)15-4-3-5-16(12-15)25(36)37/h3-13,22H,2H2,1H3,(H,36,37)/b20-13-/t22-/m0/s1. The summed E-state index contributed by atoms with van der Waals surface area (Å²) in [7, 11) is 0. The SMILES string of the molecule is CCOC(=O)C1=C(C(F)(F)F)N=c2s/c(=C\c3ccc(-c4cccc(C(=O)O)c4)o3)c(=O)n2[C@H]1c1ccc(Cl)cc1. The zero-order valence-electron chi connectivity index (χ0n) is 20.9. The topological polar surface area (TPSA) is 111 Å². The van der Waals surface area contributed by atoms with Crippen molar-refractivity contribution in [3.63, 3.8) is 0 Å². The number of allylic oxidation sites excluding steroid dienone is 1. The summed E-state index contributed by atoms with van der Waals surface area (Å²) in [6.07, 6.45) is -3.68. The normalized spacial score (nSPS) is 15.4. The van der Waals surface area contributed by atoms with Gasteiger partial charge in [0.15, 0.2) is 10.5 Å². The number of hydrogen-bond acceptors (Lipinski definition) is 7. The van der Waals surface area contributed by atoms with Crippen molar-refractivity contribution in [2.24, 2.45) is 4.99 Å². The molecule has 2 aromatic heterocycles. The Balaban J connectivity index is 1.68. The predicted octanol–water partition coefficient (Wildman–Crippen LogP) is 4.95. The van der Waals surface area contributed by atoms with Crippen LogP contribution < -0.4 is 14.9 Å². The number of nitrogens with zero attached hydrogens (tertiary/aromatic N) is 2. The van der Waals surface area contributed by atoms with Crippen LogP contribution in [0.15, 0.2) is 86.1 Å². The van der Waals surface area contributed by atoms with Crippen LogP contribution in [0.25, 0.3) is 17.4 Å². The van der Waals surface area contributed by atoms with E-state index in [2.05, 4.69) is 4.99 Å². The Morgan fingerprint density at radius 2 is 1.90 bits per heavy atom. The maximum absolute atomic E-state index is 14.2. The summed E-state index contributed by atoms with van der Waals surface area (Å²) in [5, 5.41) is 9.55. The molecule has 1 N–H and O–H groups in total. The summed E-state index contributed by atoms with van der Waals surface area (Å²) in [5.74, 6) is -1.86. The molecule has 0 unspecified atom stereocenters. The lowest BCUT2D eigenvalue weighted by Crippen LogP contribution is -2.41. The highest BCUT2D eigenvalue weighted by Crippen LogP contribution is 2.38. The summed E-state index contributed by atoms with van der Waals surface area (Å²) in [5.41, 5.74) is -2.26. The van der Waals surface area contributed by atoms with Gasteiger partial charge >= 0.3 is 18.1 Å². The fourth-order valence-corrected chi connectivity index (χ4v) is 5.43. The highest BCUT2D eigenvalue weighted by Gasteiger charge is 2.45. The van der Waals surface area contributed by atoms with E-state index in [1.54, 1.807) is 18.2 Å². The van der Waals surface area contributed by atoms with Crippen molar-refractivity contribution in [2.75, 3.05) is 6.61 Å². The molecule has 0 radical (unpaired) electrons. The number of fused-ring (bicyclic) bond motifs is 1. The third kappa shape index (κ3) is 5.48. The lowest BCUT2D eigenvalue weighted by molar-refractivity contribution is -0.140. The van der Waals surface area contributed by atoms with Crippen LogP contribution in [0.3, 0.4) is 0 Å². The molecule has 41 heavy (non-hydrogen) atoms. The maximum atomic E-state index is 14.2. The Labute approximate surface area is 237 Å². The van der Waals surface area contributed by atoms with E-state index in [1.165, 1.54) is 55.5 Å². The number of furan rings is 1. The quantitative estimate of drug-likeness (QED) is 0.313. The number of aromatic nitrogens is 1. The summed E-state index contributed by atoms with van der Waals surface area (Å²) in [6.45, 7) is 1.26. The minimum Gasteiger partial charge on any atom is -0.478 e. The van der Waals surface area contributed by atoms with Crippen molar-refractivity contribution >= 4 is 41.0 Å². The van der Waals surface area contributed by atoms with Crippen LogP contribution in [-0.2, 0) is 9.53 Å². The van der Waals surface area contributed by atoms with Gasteiger partial charge in [0.1, 0.15) is 11.5 Å². The van der Waals surface area contributed by atoms with Crippen molar-refractivity contribution in [1.29, 1.82) is 0 Å².